The van der Waals surface area contributed by atoms with E-state index in [1.165, 1.54) is 0 Å². The van der Waals surface area contributed by atoms with Gasteiger partial charge < -0.3 is 10.1 Å². The minimum Gasteiger partial charge on any atom is -0.378 e. The van der Waals surface area contributed by atoms with Gasteiger partial charge >= 0.3 is 0 Å². The van der Waals surface area contributed by atoms with Crippen molar-refractivity contribution in [3.63, 3.8) is 0 Å². The number of amides is 1. The molecule has 2 atom stereocenters. The lowest BCUT2D eigenvalue weighted by atomic mass is 10.0. The first kappa shape index (κ1) is 16.2. The summed E-state index contributed by atoms with van der Waals surface area (Å²) in [5.41, 5.74) is -0.0756. The van der Waals surface area contributed by atoms with Crippen molar-refractivity contribution < 1.29 is 22.3 Å². The van der Waals surface area contributed by atoms with Gasteiger partial charge in [-0.05, 0) is 38.0 Å². The van der Waals surface area contributed by atoms with Crippen molar-refractivity contribution in [3.05, 3.63) is 29.6 Å². The number of hydrogen-bond donors (Lipinski definition) is 1. The summed E-state index contributed by atoms with van der Waals surface area (Å²) in [6.45, 7) is 2.44. The molecule has 8 heteroatoms. The van der Waals surface area contributed by atoms with Gasteiger partial charge in [0.15, 0.2) is 0 Å². The van der Waals surface area contributed by atoms with Gasteiger partial charge in [0, 0.05) is 28.9 Å². The van der Waals surface area contributed by atoms with Crippen LogP contribution >= 0.6 is 10.7 Å². The van der Waals surface area contributed by atoms with E-state index in [9.17, 15) is 17.6 Å². The number of nitrogens with one attached hydrogen (secondary N) is 1. The number of carbonyl (C=O) groups is 1. The van der Waals surface area contributed by atoms with E-state index < -0.39 is 25.7 Å². The third-order valence-electron chi connectivity index (χ3n) is 3.24. The number of rotatable bonds is 3. The molecule has 0 saturated carbocycles. The summed E-state index contributed by atoms with van der Waals surface area (Å²) < 4.78 is 41.3. The minimum atomic E-state index is -4.09. The van der Waals surface area contributed by atoms with Gasteiger partial charge in [-0.2, -0.15) is 0 Å². The van der Waals surface area contributed by atoms with Crippen LogP contribution in [0.1, 0.15) is 30.1 Å². The Morgan fingerprint density at radius 3 is 2.76 bits per heavy atom. The third kappa shape index (κ3) is 4.39. The third-order valence-corrected chi connectivity index (χ3v) is 4.57. The molecular weight excluding hydrogens is 321 g/mol. The molecule has 0 aromatic heterocycles. The molecule has 0 aliphatic carbocycles. The van der Waals surface area contributed by atoms with Gasteiger partial charge in [-0.25, -0.2) is 12.8 Å². The van der Waals surface area contributed by atoms with Crippen molar-refractivity contribution in [1.29, 1.82) is 0 Å². The van der Waals surface area contributed by atoms with E-state index in [1.54, 1.807) is 0 Å². The Hall–Kier alpha value is -1.18. The van der Waals surface area contributed by atoms with Crippen LogP contribution in [0.5, 0.6) is 0 Å². The minimum absolute atomic E-state index is 0.0374. The first-order valence-electron chi connectivity index (χ1n) is 6.43. The van der Waals surface area contributed by atoms with Crippen LogP contribution in [-0.4, -0.2) is 33.1 Å². The molecule has 21 heavy (non-hydrogen) atoms. The zero-order chi connectivity index (χ0) is 15.6. The molecule has 0 radical (unpaired) electrons. The van der Waals surface area contributed by atoms with Crippen LogP contribution in [0.3, 0.4) is 0 Å². The Bertz CT molecular complexity index is 650. The molecule has 1 N–H and O–H groups in total. The maximum atomic E-state index is 13.4. The molecule has 1 aromatic rings. The molecule has 1 saturated heterocycles. The van der Waals surface area contributed by atoms with Crippen molar-refractivity contribution in [2.24, 2.45) is 0 Å². The summed E-state index contributed by atoms with van der Waals surface area (Å²) in [5, 5.41) is 2.75. The standard InChI is InChI=1S/C13H15ClFNO4S/c1-8-4-11(2-3-20-8)16-13(17)9-5-10(15)7-12(6-9)21(14,18)19/h5-8,11H,2-4H2,1H3,(H,16,17). The molecule has 1 amide bonds. The lowest BCUT2D eigenvalue weighted by Gasteiger charge is -2.27. The average Bonchev–Trinajstić information content (AvgIpc) is 2.37. The fourth-order valence-corrected chi connectivity index (χ4v) is 3.02. The predicted molar refractivity (Wildman–Crippen MR) is 75.3 cm³/mol. The molecule has 0 bridgehead atoms. The Morgan fingerprint density at radius 1 is 1.43 bits per heavy atom. The average molecular weight is 336 g/mol. The van der Waals surface area contributed by atoms with E-state index in [0.29, 0.717) is 19.4 Å². The van der Waals surface area contributed by atoms with E-state index in [1.807, 2.05) is 6.92 Å². The van der Waals surface area contributed by atoms with Crippen LogP contribution in [0.4, 0.5) is 4.39 Å². The molecule has 1 heterocycles. The lowest BCUT2D eigenvalue weighted by Crippen LogP contribution is -2.41. The molecule has 5 nitrogen and oxygen atoms in total. The van der Waals surface area contributed by atoms with Crippen LogP contribution in [-0.2, 0) is 13.8 Å². The fraction of sp³-hybridized carbons (Fsp3) is 0.462. The predicted octanol–water partition coefficient (Wildman–Crippen LogP) is 2.05. The molecule has 116 valence electrons. The van der Waals surface area contributed by atoms with Crippen molar-refractivity contribution >= 4 is 25.6 Å². The maximum Gasteiger partial charge on any atom is 0.261 e. The monoisotopic (exact) mass is 335 g/mol. The van der Waals surface area contributed by atoms with Gasteiger partial charge in [0.2, 0.25) is 0 Å². The molecule has 1 aliphatic heterocycles. The summed E-state index contributed by atoms with van der Waals surface area (Å²) in [7, 11) is 1.08. The topological polar surface area (TPSA) is 72.5 Å². The Labute approximate surface area is 126 Å². The van der Waals surface area contributed by atoms with Gasteiger partial charge in [0.05, 0.1) is 11.0 Å². The molecule has 0 spiro atoms. The zero-order valence-electron chi connectivity index (χ0n) is 11.3. The molecular formula is C13H15ClFNO4S. The highest BCUT2D eigenvalue weighted by Gasteiger charge is 2.22. The second-order valence-corrected chi connectivity index (χ2v) is 7.56. The van der Waals surface area contributed by atoms with Gasteiger partial charge in [-0.3, -0.25) is 4.79 Å². The summed E-state index contributed by atoms with van der Waals surface area (Å²) in [6, 6.07) is 2.73. The van der Waals surface area contributed by atoms with E-state index >= 15 is 0 Å². The van der Waals surface area contributed by atoms with Crippen LogP contribution in [0, 0.1) is 5.82 Å². The Morgan fingerprint density at radius 2 is 2.14 bits per heavy atom. The number of hydrogen-bond acceptors (Lipinski definition) is 4. The van der Waals surface area contributed by atoms with E-state index in [0.717, 1.165) is 18.2 Å². The second-order valence-electron chi connectivity index (χ2n) is 4.99. The Kier molecular flexibility index (Phi) is 4.85. The zero-order valence-corrected chi connectivity index (χ0v) is 12.9. The first-order chi connectivity index (χ1) is 9.75. The highest BCUT2D eigenvalue weighted by atomic mass is 35.7. The number of benzene rings is 1. The van der Waals surface area contributed by atoms with Crippen molar-refractivity contribution in [2.45, 2.75) is 36.8 Å². The summed E-state index contributed by atoms with van der Waals surface area (Å²) in [4.78, 5) is 11.7. The number of carbonyl (C=O) groups excluding carboxylic acids is 1. The smallest absolute Gasteiger partial charge is 0.261 e. The van der Waals surface area contributed by atoms with Gasteiger partial charge in [0.25, 0.3) is 15.0 Å². The highest BCUT2D eigenvalue weighted by Crippen LogP contribution is 2.19. The molecule has 2 rings (SSSR count). The van der Waals surface area contributed by atoms with E-state index in [-0.39, 0.29) is 17.7 Å². The quantitative estimate of drug-likeness (QED) is 0.858. The molecule has 2 unspecified atom stereocenters. The van der Waals surface area contributed by atoms with Crippen molar-refractivity contribution in [3.8, 4) is 0 Å². The first-order valence-corrected chi connectivity index (χ1v) is 8.74. The normalized spacial score (nSPS) is 22.8. The number of halogens is 2. The number of ether oxygens (including phenoxy) is 1. The van der Waals surface area contributed by atoms with Crippen molar-refractivity contribution in [2.75, 3.05) is 6.61 Å². The van der Waals surface area contributed by atoms with Gasteiger partial charge in [-0.15, -0.1) is 0 Å². The van der Waals surface area contributed by atoms with E-state index in [2.05, 4.69) is 5.32 Å². The summed E-state index contributed by atoms with van der Waals surface area (Å²) in [5.74, 6) is -1.36. The molecule has 1 aliphatic rings. The summed E-state index contributed by atoms with van der Waals surface area (Å²) in [6.07, 6.45) is 1.35. The van der Waals surface area contributed by atoms with Gasteiger partial charge in [0.1, 0.15) is 5.82 Å². The second kappa shape index (κ2) is 6.29. The molecule has 1 aromatic carbocycles. The highest BCUT2D eigenvalue weighted by molar-refractivity contribution is 8.13. The van der Waals surface area contributed by atoms with Crippen LogP contribution in [0.15, 0.2) is 23.1 Å². The van der Waals surface area contributed by atoms with Crippen LogP contribution in [0.25, 0.3) is 0 Å². The Balaban J connectivity index is 2.17. The van der Waals surface area contributed by atoms with E-state index in [4.69, 9.17) is 15.4 Å². The lowest BCUT2D eigenvalue weighted by molar-refractivity contribution is 0.0136. The summed E-state index contributed by atoms with van der Waals surface area (Å²) >= 11 is 0. The maximum absolute atomic E-state index is 13.4. The SMILES string of the molecule is CC1CC(NC(=O)c2cc(F)cc(S(=O)(=O)Cl)c2)CCO1. The fourth-order valence-electron chi connectivity index (χ4n) is 2.23. The largest absolute Gasteiger partial charge is 0.378 e. The van der Waals surface area contributed by atoms with Crippen molar-refractivity contribution in [1.82, 2.24) is 5.32 Å². The van der Waals surface area contributed by atoms with Crippen LogP contribution < -0.4 is 5.32 Å². The van der Waals surface area contributed by atoms with Crippen LogP contribution in [0.2, 0.25) is 0 Å². The molecule has 1 fully saturated rings. The van der Waals surface area contributed by atoms with Gasteiger partial charge in [-0.1, -0.05) is 0 Å².